The summed E-state index contributed by atoms with van der Waals surface area (Å²) in [6.07, 6.45) is 8.26. The molecule has 1 fully saturated rings. The maximum Gasteiger partial charge on any atom is 0.227 e. The second-order valence-corrected chi connectivity index (χ2v) is 5.55. The van der Waals surface area contributed by atoms with E-state index in [0.717, 1.165) is 25.8 Å². The van der Waals surface area contributed by atoms with Crippen LogP contribution >= 0.6 is 0 Å². The highest BCUT2D eigenvalue weighted by atomic mass is 16.2. The molecule has 1 aliphatic carbocycles. The standard InChI is InChI=1S/C13H22N4O/c1-10(8-17-7-6-15-9-17)16-12(18)13(2)5-3-4-11(13)14/h6-7,9-11H,3-5,8,14H2,1-2H3,(H,16,18). The number of nitrogens with two attached hydrogens (primary N) is 1. The molecule has 1 heterocycles. The lowest BCUT2D eigenvalue weighted by molar-refractivity contribution is -0.131. The van der Waals surface area contributed by atoms with Crippen LogP contribution in [0.3, 0.4) is 0 Å². The molecule has 3 N–H and O–H groups in total. The van der Waals surface area contributed by atoms with Gasteiger partial charge in [-0.2, -0.15) is 0 Å². The number of aromatic nitrogens is 2. The Hall–Kier alpha value is -1.36. The Bertz CT molecular complexity index is 403. The molecule has 0 radical (unpaired) electrons. The third-order valence-corrected chi connectivity index (χ3v) is 3.97. The number of hydrogen-bond donors (Lipinski definition) is 2. The lowest BCUT2D eigenvalue weighted by Crippen LogP contribution is -2.50. The Morgan fingerprint density at radius 3 is 3.06 bits per heavy atom. The minimum Gasteiger partial charge on any atom is -0.351 e. The average molecular weight is 250 g/mol. The van der Waals surface area contributed by atoms with Crippen molar-refractivity contribution in [1.82, 2.24) is 14.9 Å². The molecule has 1 aliphatic rings. The summed E-state index contributed by atoms with van der Waals surface area (Å²) >= 11 is 0. The van der Waals surface area contributed by atoms with E-state index in [1.807, 2.05) is 24.6 Å². The second kappa shape index (κ2) is 5.10. The quantitative estimate of drug-likeness (QED) is 0.834. The van der Waals surface area contributed by atoms with Crippen molar-refractivity contribution in [2.45, 2.75) is 51.7 Å². The highest BCUT2D eigenvalue weighted by Gasteiger charge is 2.43. The van der Waals surface area contributed by atoms with Gasteiger partial charge in [-0.1, -0.05) is 6.42 Å². The van der Waals surface area contributed by atoms with E-state index in [9.17, 15) is 4.79 Å². The van der Waals surface area contributed by atoms with E-state index < -0.39 is 5.41 Å². The first kappa shape index (κ1) is 13.1. The van der Waals surface area contributed by atoms with Gasteiger partial charge in [0.2, 0.25) is 5.91 Å². The lowest BCUT2D eigenvalue weighted by atomic mass is 9.84. The van der Waals surface area contributed by atoms with E-state index in [0.29, 0.717) is 0 Å². The molecule has 1 aromatic heterocycles. The molecule has 100 valence electrons. The summed E-state index contributed by atoms with van der Waals surface area (Å²) in [5, 5.41) is 3.06. The van der Waals surface area contributed by atoms with Gasteiger partial charge in [-0.25, -0.2) is 4.98 Å². The number of rotatable bonds is 4. The third kappa shape index (κ3) is 2.56. The lowest BCUT2D eigenvalue weighted by Gasteiger charge is -2.29. The largest absolute Gasteiger partial charge is 0.351 e. The number of nitrogens with one attached hydrogen (secondary N) is 1. The zero-order valence-corrected chi connectivity index (χ0v) is 11.1. The van der Waals surface area contributed by atoms with Crippen LogP contribution in [0.1, 0.15) is 33.1 Å². The second-order valence-electron chi connectivity index (χ2n) is 5.55. The predicted octanol–water partition coefficient (Wildman–Crippen LogP) is 0.905. The van der Waals surface area contributed by atoms with Gasteiger partial charge in [-0.3, -0.25) is 4.79 Å². The van der Waals surface area contributed by atoms with Crippen molar-refractivity contribution in [3.8, 4) is 0 Å². The van der Waals surface area contributed by atoms with Gasteiger partial charge < -0.3 is 15.6 Å². The van der Waals surface area contributed by atoms with E-state index in [2.05, 4.69) is 10.3 Å². The molecular weight excluding hydrogens is 228 g/mol. The first-order chi connectivity index (χ1) is 8.52. The SMILES string of the molecule is CC(Cn1ccnc1)NC(=O)C1(C)CCCC1N. The van der Waals surface area contributed by atoms with Crippen LogP contribution in [0.15, 0.2) is 18.7 Å². The number of nitrogens with zero attached hydrogens (tertiary/aromatic N) is 2. The fourth-order valence-corrected chi connectivity index (χ4v) is 2.62. The normalized spacial score (nSPS) is 29.2. The van der Waals surface area contributed by atoms with Crippen LogP contribution in [-0.2, 0) is 11.3 Å². The van der Waals surface area contributed by atoms with Gasteiger partial charge in [-0.05, 0) is 26.7 Å². The molecule has 1 amide bonds. The van der Waals surface area contributed by atoms with Crippen molar-refractivity contribution < 1.29 is 4.79 Å². The number of carbonyl (C=O) groups is 1. The van der Waals surface area contributed by atoms with E-state index >= 15 is 0 Å². The summed E-state index contributed by atoms with van der Waals surface area (Å²) in [5.74, 6) is 0.0834. The number of amides is 1. The summed E-state index contributed by atoms with van der Waals surface area (Å²) in [6.45, 7) is 4.71. The fourth-order valence-electron chi connectivity index (χ4n) is 2.62. The molecule has 3 atom stereocenters. The van der Waals surface area contributed by atoms with Crippen LogP contribution in [0, 0.1) is 5.41 Å². The molecule has 0 aromatic carbocycles. The zero-order chi connectivity index (χ0) is 13.2. The van der Waals surface area contributed by atoms with Crippen molar-refractivity contribution in [1.29, 1.82) is 0 Å². The maximum atomic E-state index is 12.3. The van der Waals surface area contributed by atoms with E-state index in [1.54, 1.807) is 12.5 Å². The summed E-state index contributed by atoms with van der Waals surface area (Å²) in [7, 11) is 0. The molecule has 0 spiro atoms. The van der Waals surface area contributed by atoms with Crippen molar-refractivity contribution in [2.75, 3.05) is 0 Å². The number of hydrogen-bond acceptors (Lipinski definition) is 3. The molecule has 2 rings (SSSR count). The monoisotopic (exact) mass is 250 g/mol. The molecule has 0 aliphatic heterocycles. The third-order valence-electron chi connectivity index (χ3n) is 3.97. The van der Waals surface area contributed by atoms with Crippen LogP contribution < -0.4 is 11.1 Å². The molecule has 1 saturated carbocycles. The van der Waals surface area contributed by atoms with Gasteiger partial charge in [0, 0.05) is 31.0 Å². The molecule has 0 saturated heterocycles. The Balaban J connectivity index is 1.91. The van der Waals surface area contributed by atoms with Gasteiger partial charge in [-0.15, -0.1) is 0 Å². The summed E-state index contributed by atoms with van der Waals surface area (Å²) in [5.41, 5.74) is 5.65. The van der Waals surface area contributed by atoms with E-state index in [4.69, 9.17) is 5.73 Å². The van der Waals surface area contributed by atoms with E-state index in [1.165, 1.54) is 0 Å². The minimum absolute atomic E-state index is 0.0158. The van der Waals surface area contributed by atoms with Gasteiger partial charge in [0.05, 0.1) is 11.7 Å². The Kier molecular flexibility index (Phi) is 3.71. The molecule has 5 nitrogen and oxygen atoms in total. The van der Waals surface area contributed by atoms with Crippen LogP contribution in [0.5, 0.6) is 0 Å². The van der Waals surface area contributed by atoms with Gasteiger partial charge in [0.15, 0.2) is 0 Å². The van der Waals surface area contributed by atoms with Crippen molar-refractivity contribution in [3.63, 3.8) is 0 Å². The highest BCUT2D eigenvalue weighted by molar-refractivity contribution is 5.83. The molecular formula is C13H22N4O. The predicted molar refractivity (Wildman–Crippen MR) is 69.8 cm³/mol. The molecule has 18 heavy (non-hydrogen) atoms. The Morgan fingerprint density at radius 2 is 2.50 bits per heavy atom. The summed E-state index contributed by atoms with van der Waals surface area (Å²) in [6, 6.07) is 0.0641. The van der Waals surface area contributed by atoms with Crippen molar-refractivity contribution >= 4 is 5.91 Å². The van der Waals surface area contributed by atoms with Crippen LogP contribution in [0.2, 0.25) is 0 Å². The molecule has 5 heteroatoms. The van der Waals surface area contributed by atoms with Crippen molar-refractivity contribution in [3.05, 3.63) is 18.7 Å². The average Bonchev–Trinajstić information content (AvgIpc) is 2.91. The Morgan fingerprint density at radius 1 is 1.72 bits per heavy atom. The Labute approximate surface area is 108 Å². The number of carbonyl (C=O) groups excluding carboxylic acids is 1. The summed E-state index contributed by atoms with van der Waals surface area (Å²) in [4.78, 5) is 16.3. The van der Waals surface area contributed by atoms with Crippen LogP contribution in [0.25, 0.3) is 0 Å². The zero-order valence-electron chi connectivity index (χ0n) is 11.1. The first-order valence-electron chi connectivity index (χ1n) is 6.54. The maximum absolute atomic E-state index is 12.3. The smallest absolute Gasteiger partial charge is 0.227 e. The van der Waals surface area contributed by atoms with E-state index in [-0.39, 0.29) is 18.0 Å². The minimum atomic E-state index is -0.400. The van der Waals surface area contributed by atoms with Crippen LogP contribution in [0.4, 0.5) is 0 Å². The molecule has 0 bridgehead atoms. The molecule has 1 aromatic rings. The number of imidazole rings is 1. The van der Waals surface area contributed by atoms with Gasteiger partial charge in [0.1, 0.15) is 0 Å². The fraction of sp³-hybridized carbons (Fsp3) is 0.692. The first-order valence-corrected chi connectivity index (χ1v) is 6.54. The summed E-state index contributed by atoms with van der Waals surface area (Å²) < 4.78 is 1.96. The topological polar surface area (TPSA) is 72.9 Å². The van der Waals surface area contributed by atoms with Gasteiger partial charge >= 0.3 is 0 Å². The van der Waals surface area contributed by atoms with Crippen LogP contribution in [-0.4, -0.2) is 27.5 Å². The highest BCUT2D eigenvalue weighted by Crippen LogP contribution is 2.36. The van der Waals surface area contributed by atoms with Gasteiger partial charge in [0.25, 0.3) is 0 Å². The molecule has 3 unspecified atom stereocenters. The van der Waals surface area contributed by atoms with Crippen molar-refractivity contribution in [2.24, 2.45) is 11.1 Å².